The molecule has 16 heavy (non-hydrogen) atoms. The zero-order valence-corrected chi connectivity index (χ0v) is 11.2. The van der Waals surface area contributed by atoms with E-state index in [-0.39, 0.29) is 23.5 Å². The minimum atomic E-state index is -0.191. The molecule has 0 radical (unpaired) electrons. The second-order valence-corrected chi connectivity index (χ2v) is 5.72. The molecule has 0 heterocycles. The van der Waals surface area contributed by atoms with Gasteiger partial charge in [0.15, 0.2) is 0 Å². The highest BCUT2D eigenvalue weighted by Gasteiger charge is 2.21. The van der Waals surface area contributed by atoms with E-state index < -0.39 is 0 Å². The van der Waals surface area contributed by atoms with E-state index >= 15 is 0 Å². The molecule has 0 aliphatic carbocycles. The monoisotopic (exact) mass is 230 g/mol. The van der Waals surface area contributed by atoms with Gasteiger partial charge >= 0.3 is 0 Å². The third-order valence-corrected chi connectivity index (χ3v) is 2.59. The van der Waals surface area contributed by atoms with Crippen molar-refractivity contribution in [3.05, 3.63) is 0 Å². The van der Waals surface area contributed by atoms with Gasteiger partial charge in [-0.1, -0.05) is 13.8 Å². The van der Waals surface area contributed by atoms with E-state index in [0.29, 0.717) is 13.1 Å². The molecule has 0 aromatic heterocycles. The Bertz CT molecular complexity index is 218. The molecule has 0 aliphatic heterocycles. The largest absolute Gasteiger partial charge is 0.396 e. The summed E-state index contributed by atoms with van der Waals surface area (Å²) in [6, 6.07) is 0. The van der Waals surface area contributed by atoms with Crippen LogP contribution in [0.1, 0.15) is 41.0 Å². The lowest BCUT2D eigenvalue weighted by Crippen LogP contribution is -2.46. The molecule has 0 saturated heterocycles. The molecule has 0 spiro atoms. The molecule has 0 aromatic rings. The standard InChI is InChI=1S/C12H26N2O2/c1-6-12(5,9-15)8-13-7-10(16)14-11(2,3)4/h13,15H,6-9H2,1-5H3,(H,14,16). The smallest absolute Gasteiger partial charge is 0.234 e. The molecule has 4 heteroatoms. The molecule has 3 N–H and O–H groups in total. The summed E-state index contributed by atoms with van der Waals surface area (Å²) in [5, 5.41) is 15.2. The summed E-state index contributed by atoms with van der Waals surface area (Å²) in [6.07, 6.45) is 0.886. The molecule has 1 amide bonds. The highest BCUT2D eigenvalue weighted by atomic mass is 16.3. The van der Waals surface area contributed by atoms with Crippen LogP contribution in [0.2, 0.25) is 0 Å². The minimum absolute atomic E-state index is 0.0103. The molecule has 1 atom stereocenters. The van der Waals surface area contributed by atoms with Crippen molar-refractivity contribution < 1.29 is 9.90 Å². The first-order chi connectivity index (χ1) is 7.22. The van der Waals surface area contributed by atoms with Crippen LogP contribution in [0.4, 0.5) is 0 Å². The molecule has 0 saturated carbocycles. The molecule has 4 nitrogen and oxygen atoms in total. The normalized spacial score (nSPS) is 15.6. The minimum Gasteiger partial charge on any atom is -0.396 e. The summed E-state index contributed by atoms with van der Waals surface area (Å²) in [5.41, 5.74) is -0.328. The van der Waals surface area contributed by atoms with Gasteiger partial charge in [-0.15, -0.1) is 0 Å². The summed E-state index contributed by atoms with van der Waals surface area (Å²) >= 11 is 0. The van der Waals surface area contributed by atoms with E-state index in [2.05, 4.69) is 10.6 Å². The maximum atomic E-state index is 11.5. The second kappa shape index (κ2) is 6.21. The van der Waals surface area contributed by atoms with E-state index in [4.69, 9.17) is 0 Å². The Morgan fingerprint density at radius 3 is 2.19 bits per heavy atom. The van der Waals surface area contributed by atoms with Crippen LogP contribution in [-0.4, -0.2) is 36.2 Å². The first kappa shape index (κ1) is 15.4. The van der Waals surface area contributed by atoms with Crippen molar-refractivity contribution in [1.29, 1.82) is 0 Å². The first-order valence-electron chi connectivity index (χ1n) is 5.85. The van der Waals surface area contributed by atoms with Crippen LogP contribution in [0, 0.1) is 5.41 Å². The summed E-state index contributed by atoms with van der Waals surface area (Å²) in [4.78, 5) is 11.5. The van der Waals surface area contributed by atoms with Crippen LogP contribution in [0.5, 0.6) is 0 Å². The Labute approximate surface area is 98.8 Å². The Morgan fingerprint density at radius 1 is 1.25 bits per heavy atom. The summed E-state index contributed by atoms with van der Waals surface area (Å²) in [5.74, 6) is -0.0103. The van der Waals surface area contributed by atoms with E-state index in [1.54, 1.807) is 0 Å². The van der Waals surface area contributed by atoms with Gasteiger partial charge in [-0.25, -0.2) is 0 Å². The van der Waals surface area contributed by atoms with Crippen LogP contribution in [-0.2, 0) is 4.79 Å². The Balaban J connectivity index is 3.86. The van der Waals surface area contributed by atoms with Crippen molar-refractivity contribution in [1.82, 2.24) is 10.6 Å². The Morgan fingerprint density at radius 2 is 1.81 bits per heavy atom. The van der Waals surface area contributed by atoms with Crippen molar-refractivity contribution in [2.75, 3.05) is 19.7 Å². The fourth-order valence-electron chi connectivity index (χ4n) is 1.23. The summed E-state index contributed by atoms with van der Waals surface area (Å²) in [6.45, 7) is 11.0. The van der Waals surface area contributed by atoms with Crippen molar-refractivity contribution >= 4 is 5.91 Å². The van der Waals surface area contributed by atoms with Crippen LogP contribution in [0.3, 0.4) is 0 Å². The zero-order valence-electron chi connectivity index (χ0n) is 11.2. The Kier molecular flexibility index (Phi) is 5.97. The molecular weight excluding hydrogens is 204 g/mol. The van der Waals surface area contributed by atoms with Crippen molar-refractivity contribution in [3.8, 4) is 0 Å². The highest BCUT2D eigenvalue weighted by Crippen LogP contribution is 2.17. The number of amides is 1. The van der Waals surface area contributed by atoms with Crippen molar-refractivity contribution in [2.45, 2.75) is 46.6 Å². The molecule has 0 fully saturated rings. The third kappa shape index (κ3) is 6.80. The van der Waals surface area contributed by atoms with Crippen molar-refractivity contribution in [2.24, 2.45) is 5.41 Å². The fraction of sp³-hybridized carbons (Fsp3) is 0.917. The maximum Gasteiger partial charge on any atom is 0.234 e. The van der Waals surface area contributed by atoms with Gasteiger partial charge < -0.3 is 15.7 Å². The number of carbonyl (C=O) groups is 1. The van der Waals surface area contributed by atoms with E-state index in [9.17, 15) is 9.90 Å². The molecule has 0 rings (SSSR count). The number of aliphatic hydroxyl groups excluding tert-OH is 1. The van der Waals surface area contributed by atoms with Gasteiger partial charge in [0.1, 0.15) is 0 Å². The van der Waals surface area contributed by atoms with Crippen LogP contribution in [0.25, 0.3) is 0 Å². The van der Waals surface area contributed by atoms with Gasteiger partial charge in [0.2, 0.25) is 5.91 Å². The quantitative estimate of drug-likeness (QED) is 0.635. The lowest BCUT2D eigenvalue weighted by molar-refractivity contribution is -0.121. The number of carbonyl (C=O) groups excluding carboxylic acids is 1. The molecule has 0 bridgehead atoms. The third-order valence-electron chi connectivity index (χ3n) is 2.59. The highest BCUT2D eigenvalue weighted by molar-refractivity contribution is 5.78. The van der Waals surface area contributed by atoms with Crippen LogP contribution >= 0.6 is 0 Å². The number of rotatable bonds is 6. The average Bonchev–Trinajstić information content (AvgIpc) is 2.14. The van der Waals surface area contributed by atoms with Gasteiger partial charge in [0.05, 0.1) is 6.54 Å². The topological polar surface area (TPSA) is 61.4 Å². The fourth-order valence-corrected chi connectivity index (χ4v) is 1.23. The van der Waals surface area contributed by atoms with Crippen molar-refractivity contribution in [3.63, 3.8) is 0 Å². The second-order valence-electron chi connectivity index (χ2n) is 5.72. The summed E-state index contributed by atoms with van der Waals surface area (Å²) < 4.78 is 0. The number of hydrogen-bond acceptors (Lipinski definition) is 3. The average molecular weight is 230 g/mol. The number of nitrogens with one attached hydrogen (secondary N) is 2. The van der Waals surface area contributed by atoms with E-state index in [1.165, 1.54) is 0 Å². The lowest BCUT2D eigenvalue weighted by atomic mass is 9.89. The van der Waals surface area contributed by atoms with Gasteiger partial charge in [-0.2, -0.15) is 0 Å². The molecule has 0 aromatic carbocycles. The zero-order chi connectivity index (χ0) is 12.8. The van der Waals surface area contributed by atoms with Crippen LogP contribution < -0.4 is 10.6 Å². The molecule has 96 valence electrons. The van der Waals surface area contributed by atoms with Gasteiger partial charge in [0.25, 0.3) is 0 Å². The predicted molar refractivity (Wildman–Crippen MR) is 66.2 cm³/mol. The van der Waals surface area contributed by atoms with Gasteiger partial charge in [-0.05, 0) is 27.2 Å². The Hall–Kier alpha value is -0.610. The lowest BCUT2D eigenvalue weighted by Gasteiger charge is -2.26. The predicted octanol–water partition coefficient (Wildman–Crippen LogP) is 0.899. The molecule has 1 unspecified atom stereocenters. The van der Waals surface area contributed by atoms with Gasteiger partial charge in [-0.3, -0.25) is 4.79 Å². The number of aliphatic hydroxyl groups is 1. The number of hydrogen-bond donors (Lipinski definition) is 3. The summed E-state index contributed by atoms with van der Waals surface area (Å²) in [7, 11) is 0. The van der Waals surface area contributed by atoms with Gasteiger partial charge in [0, 0.05) is 24.1 Å². The molecular formula is C12H26N2O2. The van der Waals surface area contributed by atoms with E-state index in [0.717, 1.165) is 6.42 Å². The molecule has 0 aliphatic rings. The first-order valence-corrected chi connectivity index (χ1v) is 5.85. The van der Waals surface area contributed by atoms with E-state index in [1.807, 2.05) is 34.6 Å². The SMILES string of the molecule is CCC(C)(CO)CNCC(=O)NC(C)(C)C. The van der Waals surface area contributed by atoms with Crippen LogP contribution in [0.15, 0.2) is 0 Å². The maximum absolute atomic E-state index is 11.5.